The number of hydrogen-bond acceptors (Lipinski definition) is 0. The quantitative estimate of drug-likeness (QED) is 0.149. The number of hydrogen-bond donors (Lipinski definition) is 0. The Hall–Kier alpha value is -4.16. The van der Waals surface area contributed by atoms with E-state index in [1.807, 2.05) is 0 Å². The summed E-state index contributed by atoms with van der Waals surface area (Å²) in [7, 11) is 0. The second kappa shape index (κ2) is 10.8. The molecule has 37 heavy (non-hydrogen) atoms. The van der Waals surface area contributed by atoms with Crippen LogP contribution >= 0.6 is 0 Å². The van der Waals surface area contributed by atoms with E-state index in [-0.39, 0.29) is 0 Å². The molecule has 0 spiro atoms. The van der Waals surface area contributed by atoms with Crippen molar-refractivity contribution >= 4 is 69.7 Å². The van der Waals surface area contributed by atoms with Gasteiger partial charge < -0.3 is 0 Å². The molecule has 0 heterocycles. The second-order valence-electron chi connectivity index (χ2n) is 9.12. The van der Waals surface area contributed by atoms with E-state index in [0.29, 0.717) is 15.0 Å². The average molecular weight is 538 g/mol. The molecule has 1 heteroatoms. The van der Waals surface area contributed by atoms with Crippen molar-refractivity contribution in [1.29, 1.82) is 0 Å². The predicted octanol–water partition coefficient (Wildman–Crippen LogP) is 7.99. The van der Waals surface area contributed by atoms with Crippen molar-refractivity contribution in [2.75, 3.05) is 0 Å². The van der Waals surface area contributed by atoms with Gasteiger partial charge in [-0.3, -0.25) is 0 Å². The summed E-state index contributed by atoms with van der Waals surface area (Å²) in [6, 6.07) is 48.1. The maximum atomic E-state index is 2.26. The summed E-state index contributed by atoms with van der Waals surface area (Å²) >= 11 is 0.293. The third kappa shape index (κ3) is 5.81. The van der Waals surface area contributed by atoms with Gasteiger partial charge in [0.1, 0.15) is 0 Å². The summed E-state index contributed by atoms with van der Waals surface area (Å²) in [6.45, 7) is 0. The Morgan fingerprint density at radius 2 is 0.676 bits per heavy atom. The van der Waals surface area contributed by atoms with Crippen molar-refractivity contribution in [3.8, 4) is 0 Å². The van der Waals surface area contributed by atoms with Crippen LogP contribution in [0, 0.1) is 0 Å². The average Bonchev–Trinajstić information content (AvgIpc) is 2.96. The zero-order chi connectivity index (χ0) is 24.9. The summed E-state index contributed by atoms with van der Waals surface area (Å²) in [6.07, 6.45) is 8.77. The molecule has 0 amide bonds. The van der Waals surface area contributed by atoms with Crippen LogP contribution in [0.5, 0.6) is 0 Å². The van der Waals surface area contributed by atoms with Crippen LogP contribution < -0.4 is 8.92 Å². The van der Waals surface area contributed by atoms with Crippen molar-refractivity contribution in [3.05, 3.63) is 156 Å². The summed E-state index contributed by atoms with van der Waals surface area (Å²) in [5.74, 6) is 0. The topological polar surface area (TPSA) is 0 Å². The van der Waals surface area contributed by atoms with Crippen LogP contribution in [0.15, 0.2) is 133 Å². The summed E-state index contributed by atoms with van der Waals surface area (Å²) in [5.41, 5.74) is 4.90. The summed E-state index contributed by atoms with van der Waals surface area (Å²) < 4.78 is 2.77. The van der Waals surface area contributed by atoms with Gasteiger partial charge in [0.25, 0.3) is 0 Å². The van der Waals surface area contributed by atoms with Gasteiger partial charge in [-0.25, -0.2) is 0 Å². The summed E-state index contributed by atoms with van der Waals surface area (Å²) in [4.78, 5) is 0. The van der Waals surface area contributed by atoms with E-state index in [1.165, 1.54) is 52.7 Å². The van der Waals surface area contributed by atoms with Gasteiger partial charge in [-0.05, 0) is 0 Å². The molecule has 0 aliphatic rings. The molecule has 0 nitrogen and oxygen atoms in total. The van der Waals surface area contributed by atoms with Crippen molar-refractivity contribution < 1.29 is 0 Å². The molecule has 176 valence electrons. The zero-order valence-corrected chi connectivity index (χ0v) is 22.1. The molecule has 0 fully saturated rings. The fourth-order valence-corrected chi connectivity index (χ4v) is 6.15. The zero-order valence-electron chi connectivity index (χ0n) is 20.4. The Morgan fingerprint density at radius 1 is 0.324 bits per heavy atom. The molecule has 0 atom stereocenters. The van der Waals surface area contributed by atoms with Gasteiger partial charge in [0.2, 0.25) is 0 Å². The van der Waals surface area contributed by atoms with Gasteiger partial charge in [-0.1, -0.05) is 0 Å². The van der Waals surface area contributed by atoms with Gasteiger partial charge in [0, 0.05) is 0 Å². The van der Waals surface area contributed by atoms with Crippen LogP contribution in [-0.4, -0.2) is 15.0 Å². The Balaban J connectivity index is 1.08. The van der Waals surface area contributed by atoms with E-state index in [9.17, 15) is 0 Å². The monoisotopic (exact) mass is 538 g/mol. The van der Waals surface area contributed by atoms with Gasteiger partial charge >= 0.3 is 225 Å². The summed E-state index contributed by atoms with van der Waals surface area (Å²) in [5, 5.41) is 5.11. The predicted molar refractivity (Wildman–Crippen MR) is 164 cm³/mol. The van der Waals surface area contributed by atoms with Crippen LogP contribution in [0.25, 0.3) is 45.8 Å². The van der Waals surface area contributed by atoms with Crippen LogP contribution in [0.2, 0.25) is 0 Å². The standard InChI is InChI=1S/C36H26Se/c1-3-7-33-25-29(13-19-31(33)5-1)11-9-27-15-21-35(22-16-27)37-36-23-17-28(18-24-36)10-12-30-14-20-32-6-2-4-8-34(32)26-30/h1-26H/b11-9+,12-10+. The molecule has 6 aromatic rings. The van der Waals surface area contributed by atoms with E-state index in [0.717, 1.165) is 0 Å². The first-order valence-corrected chi connectivity index (χ1v) is 14.2. The number of rotatable bonds is 6. The molecule has 0 aromatic heterocycles. The first-order valence-electron chi connectivity index (χ1n) is 12.5. The molecule has 0 bridgehead atoms. The fraction of sp³-hybridized carbons (Fsp3) is 0. The third-order valence-electron chi connectivity index (χ3n) is 6.48. The van der Waals surface area contributed by atoms with Crippen molar-refractivity contribution in [1.82, 2.24) is 0 Å². The number of fused-ring (bicyclic) bond motifs is 2. The Kier molecular flexibility index (Phi) is 6.82. The minimum absolute atomic E-state index is 0.293. The molecule has 6 rings (SSSR count). The molecule has 0 saturated heterocycles. The molecule has 0 aliphatic carbocycles. The van der Waals surface area contributed by atoms with Gasteiger partial charge in [-0.2, -0.15) is 0 Å². The SMILES string of the molecule is C(=C\c1ccc2ccccc2c1)/c1ccc([Se]c2ccc(/C=C/c3ccc4ccccc4c3)cc2)cc1. The molecule has 0 saturated carbocycles. The second-order valence-corrected chi connectivity index (χ2v) is 11.5. The van der Waals surface area contributed by atoms with Gasteiger partial charge in [0.05, 0.1) is 0 Å². The van der Waals surface area contributed by atoms with Crippen LogP contribution in [0.3, 0.4) is 0 Å². The van der Waals surface area contributed by atoms with Crippen molar-refractivity contribution in [3.63, 3.8) is 0 Å². The molecular weight excluding hydrogens is 511 g/mol. The van der Waals surface area contributed by atoms with Crippen molar-refractivity contribution in [2.24, 2.45) is 0 Å². The van der Waals surface area contributed by atoms with E-state index in [1.54, 1.807) is 0 Å². The fourth-order valence-electron chi connectivity index (χ4n) is 4.44. The molecule has 0 aliphatic heterocycles. The third-order valence-corrected chi connectivity index (χ3v) is 8.61. The first kappa shape index (κ1) is 23.3. The Morgan fingerprint density at radius 3 is 1.11 bits per heavy atom. The number of benzene rings is 6. The Bertz CT molecular complexity index is 1590. The van der Waals surface area contributed by atoms with E-state index in [2.05, 4.69) is 158 Å². The normalized spacial score (nSPS) is 11.7. The van der Waals surface area contributed by atoms with Gasteiger partial charge in [-0.15, -0.1) is 0 Å². The van der Waals surface area contributed by atoms with E-state index < -0.39 is 0 Å². The van der Waals surface area contributed by atoms with Crippen LogP contribution in [0.1, 0.15) is 22.3 Å². The molecule has 0 radical (unpaired) electrons. The van der Waals surface area contributed by atoms with Crippen LogP contribution in [0.4, 0.5) is 0 Å². The maximum absolute atomic E-state index is 2.26. The molecular formula is C36H26Se. The van der Waals surface area contributed by atoms with Crippen LogP contribution in [-0.2, 0) is 0 Å². The molecule has 0 N–H and O–H groups in total. The van der Waals surface area contributed by atoms with E-state index in [4.69, 9.17) is 0 Å². The minimum atomic E-state index is 0.293. The van der Waals surface area contributed by atoms with Gasteiger partial charge in [0.15, 0.2) is 0 Å². The van der Waals surface area contributed by atoms with Crippen molar-refractivity contribution in [2.45, 2.75) is 0 Å². The van der Waals surface area contributed by atoms with E-state index >= 15 is 0 Å². The Labute approximate surface area is 224 Å². The molecule has 0 unspecified atom stereocenters. The molecule has 6 aromatic carbocycles. The first-order chi connectivity index (χ1) is 18.3.